The summed E-state index contributed by atoms with van der Waals surface area (Å²) in [5, 5.41) is 1.93. The van der Waals surface area contributed by atoms with Crippen molar-refractivity contribution < 1.29 is 18.7 Å². The second-order valence-electron chi connectivity index (χ2n) is 5.70. The maximum atomic E-state index is 13.6. The van der Waals surface area contributed by atoms with Gasteiger partial charge in [0.15, 0.2) is 17.7 Å². The molecule has 26 heavy (non-hydrogen) atoms. The second-order valence-corrected chi connectivity index (χ2v) is 5.70. The number of halogens is 1. The van der Waals surface area contributed by atoms with Crippen molar-refractivity contribution in [3.8, 4) is 5.75 Å². The molecule has 0 aromatic heterocycles. The first-order chi connectivity index (χ1) is 12.5. The van der Waals surface area contributed by atoms with E-state index >= 15 is 0 Å². The Balaban J connectivity index is 1.59. The van der Waals surface area contributed by atoms with Crippen molar-refractivity contribution in [1.82, 2.24) is 10.9 Å². The van der Waals surface area contributed by atoms with E-state index in [1.165, 1.54) is 25.1 Å². The van der Waals surface area contributed by atoms with E-state index in [0.717, 1.165) is 10.8 Å². The summed E-state index contributed by atoms with van der Waals surface area (Å²) in [5.74, 6) is -1.65. The van der Waals surface area contributed by atoms with Gasteiger partial charge < -0.3 is 4.74 Å². The Hall–Kier alpha value is -3.41. The van der Waals surface area contributed by atoms with Crippen LogP contribution in [0.25, 0.3) is 10.8 Å². The zero-order valence-electron chi connectivity index (χ0n) is 14.0. The van der Waals surface area contributed by atoms with Crippen molar-refractivity contribution in [2.75, 3.05) is 0 Å². The van der Waals surface area contributed by atoms with Gasteiger partial charge in [-0.1, -0.05) is 42.5 Å². The smallest absolute Gasteiger partial charge is 0.279 e. The molecule has 1 atom stereocenters. The van der Waals surface area contributed by atoms with Gasteiger partial charge in [-0.15, -0.1) is 0 Å². The maximum absolute atomic E-state index is 13.6. The Kier molecular flexibility index (Phi) is 5.12. The number of para-hydroxylation sites is 1. The van der Waals surface area contributed by atoms with Crippen LogP contribution in [0.1, 0.15) is 17.3 Å². The summed E-state index contributed by atoms with van der Waals surface area (Å²) in [6, 6.07) is 18.7. The van der Waals surface area contributed by atoms with E-state index in [9.17, 15) is 14.0 Å². The molecule has 0 aliphatic heterocycles. The highest BCUT2D eigenvalue weighted by Gasteiger charge is 2.17. The number of rotatable bonds is 4. The molecule has 0 heterocycles. The number of carbonyl (C=O) groups is 2. The van der Waals surface area contributed by atoms with Gasteiger partial charge in [-0.25, -0.2) is 4.39 Å². The third-order valence-electron chi connectivity index (χ3n) is 3.82. The van der Waals surface area contributed by atoms with Crippen LogP contribution in [0.5, 0.6) is 5.75 Å². The first-order valence-electron chi connectivity index (χ1n) is 8.05. The number of hydrazine groups is 1. The van der Waals surface area contributed by atoms with Crippen LogP contribution in [-0.2, 0) is 4.79 Å². The predicted molar refractivity (Wildman–Crippen MR) is 96.0 cm³/mol. The van der Waals surface area contributed by atoms with E-state index in [4.69, 9.17) is 4.74 Å². The summed E-state index contributed by atoms with van der Waals surface area (Å²) in [4.78, 5) is 24.2. The minimum atomic E-state index is -0.983. The highest BCUT2D eigenvalue weighted by Crippen LogP contribution is 2.17. The summed E-state index contributed by atoms with van der Waals surface area (Å²) in [7, 11) is 0. The number of amides is 2. The van der Waals surface area contributed by atoms with Crippen LogP contribution in [0.15, 0.2) is 66.7 Å². The quantitative estimate of drug-likeness (QED) is 0.709. The Bertz CT molecular complexity index is 958. The number of hydrogen-bond acceptors (Lipinski definition) is 3. The fourth-order valence-electron chi connectivity index (χ4n) is 2.41. The third-order valence-corrected chi connectivity index (χ3v) is 3.82. The summed E-state index contributed by atoms with van der Waals surface area (Å²) in [6.45, 7) is 1.46. The lowest BCUT2D eigenvalue weighted by atomic mass is 10.1. The second kappa shape index (κ2) is 7.65. The summed E-state index contributed by atoms with van der Waals surface area (Å²) < 4.78 is 18.8. The highest BCUT2D eigenvalue weighted by molar-refractivity contribution is 5.99. The van der Waals surface area contributed by atoms with Crippen molar-refractivity contribution in [3.63, 3.8) is 0 Å². The zero-order chi connectivity index (χ0) is 18.5. The van der Waals surface area contributed by atoms with Gasteiger partial charge in [-0.2, -0.15) is 0 Å². The Morgan fingerprint density at radius 1 is 0.923 bits per heavy atom. The zero-order valence-corrected chi connectivity index (χ0v) is 14.0. The molecular formula is C20H17FN2O3. The Labute approximate surface area is 149 Å². The molecule has 132 valence electrons. The molecule has 0 spiro atoms. The van der Waals surface area contributed by atoms with E-state index < -0.39 is 23.7 Å². The van der Waals surface area contributed by atoms with Crippen molar-refractivity contribution in [2.24, 2.45) is 0 Å². The van der Waals surface area contributed by atoms with Gasteiger partial charge in [0.2, 0.25) is 0 Å². The largest absolute Gasteiger partial charge is 0.478 e. The normalized spacial score (nSPS) is 11.6. The number of fused-ring (bicyclic) bond motifs is 1. The van der Waals surface area contributed by atoms with Gasteiger partial charge >= 0.3 is 0 Å². The molecule has 0 radical (unpaired) electrons. The summed E-state index contributed by atoms with van der Waals surface area (Å²) in [6.07, 6.45) is -0.983. The fourth-order valence-corrected chi connectivity index (χ4v) is 2.41. The van der Waals surface area contributed by atoms with Crippen LogP contribution in [0.4, 0.5) is 4.39 Å². The van der Waals surface area contributed by atoms with Crippen LogP contribution >= 0.6 is 0 Å². The van der Waals surface area contributed by atoms with E-state index in [-0.39, 0.29) is 5.75 Å². The minimum Gasteiger partial charge on any atom is -0.478 e. The first-order valence-corrected chi connectivity index (χ1v) is 8.05. The van der Waals surface area contributed by atoms with Crippen LogP contribution in [0.3, 0.4) is 0 Å². The van der Waals surface area contributed by atoms with Crippen LogP contribution in [0, 0.1) is 5.82 Å². The molecule has 6 heteroatoms. The molecule has 0 saturated carbocycles. The SMILES string of the molecule is C[C@@H](Oc1ccccc1F)C(=O)NNC(=O)c1ccc2ccccc2c1. The Morgan fingerprint density at radius 3 is 2.38 bits per heavy atom. The van der Waals surface area contributed by atoms with E-state index in [0.29, 0.717) is 5.56 Å². The van der Waals surface area contributed by atoms with Crippen molar-refractivity contribution in [3.05, 3.63) is 78.1 Å². The number of hydrogen-bond donors (Lipinski definition) is 2. The third kappa shape index (κ3) is 3.97. The topological polar surface area (TPSA) is 67.4 Å². The lowest BCUT2D eigenvalue weighted by Gasteiger charge is -2.15. The molecule has 3 aromatic carbocycles. The lowest BCUT2D eigenvalue weighted by molar-refractivity contribution is -0.128. The molecule has 3 rings (SSSR count). The molecule has 0 fully saturated rings. The maximum Gasteiger partial charge on any atom is 0.279 e. The molecule has 0 saturated heterocycles. The number of benzene rings is 3. The molecule has 0 unspecified atom stereocenters. The average Bonchev–Trinajstić information content (AvgIpc) is 2.67. The van der Waals surface area contributed by atoms with E-state index in [1.54, 1.807) is 18.2 Å². The van der Waals surface area contributed by atoms with Gasteiger partial charge in [0.05, 0.1) is 0 Å². The lowest BCUT2D eigenvalue weighted by Crippen LogP contribution is -2.47. The van der Waals surface area contributed by atoms with E-state index in [1.807, 2.05) is 30.3 Å². The van der Waals surface area contributed by atoms with Gasteiger partial charge in [0.25, 0.3) is 11.8 Å². The van der Waals surface area contributed by atoms with E-state index in [2.05, 4.69) is 10.9 Å². The van der Waals surface area contributed by atoms with Crippen LogP contribution in [-0.4, -0.2) is 17.9 Å². The molecule has 0 aliphatic carbocycles. The molecule has 0 aliphatic rings. The Morgan fingerprint density at radius 2 is 1.62 bits per heavy atom. The van der Waals surface area contributed by atoms with Crippen molar-refractivity contribution >= 4 is 22.6 Å². The van der Waals surface area contributed by atoms with Gasteiger partial charge in [0.1, 0.15) is 0 Å². The molecule has 5 nitrogen and oxygen atoms in total. The predicted octanol–water partition coefficient (Wildman–Crippen LogP) is 3.21. The van der Waals surface area contributed by atoms with Crippen molar-refractivity contribution in [1.29, 1.82) is 0 Å². The summed E-state index contributed by atoms with van der Waals surface area (Å²) >= 11 is 0. The molecule has 2 N–H and O–H groups in total. The number of ether oxygens (including phenoxy) is 1. The molecule has 3 aromatic rings. The fraction of sp³-hybridized carbons (Fsp3) is 0.100. The monoisotopic (exact) mass is 352 g/mol. The molecule has 2 amide bonds. The average molecular weight is 352 g/mol. The standard InChI is InChI=1S/C20H17FN2O3/c1-13(26-18-9-5-4-8-17(18)21)19(24)22-23-20(25)16-11-10-14-6-2-3-7-15(14)12-16/h2-13H,1H3,(H,22,24)(H,23,25)/t13-/m1/s1. The van der Waals surface area contributed by atoms with Crippen molar-refractivity contribution in [2.45, 2.75) is 13.0 Å². The highest BCUT2D eigenvalue weighted by atomic mass is 19.1. The van der Waals surface area contributed by atoms with Gasteiger partial charge in [-0.3, -0.25) is 20.4 Å². The van der Waals surface area contributed by atoms with Crippen LogP contribution in [0.2, 0.25) is 0 Å². The minimum absolute atomic E-state index is 0.0315. The summed E-state index contributed by atoms with van der Waals surface area (Å²) in [5.41, 5.74) is 5.02. The molecular weight excluding hydrogens is 335 g/mol. The van der Waals surface area contributed by atoms with Gasteiger partial charge in [-0.05, 0) is 42.0 Å². The number of nitrogens with one attached hydrogen (secondary N) is 2. The molecule has 0 bridgehead atoms. The van der Waals surface area contributed by atoms with Gasteiger partial charge in [0, 0.05) is 5.56 Å². The first kappa shape index (κ1) is 17.4. The number of carbonyl (C=O) groups excluding carboxylic acids is 2. The van der Waals surface area contributed by atoms with Crippen LogP contribution < -0.4 is 15.6 Å².